The molecule has 2 fully saturated rings. The first-order chi connectivity index (χ1) is 9.10. The maximum Gasteiger partial charge on any atom is 0.234 e. The summed E-state index contributed by atoms with van der Waals surface area (Å²) in [5.41, 5.74) is -0.848. The quantitative estimate of drug-likeness (QED) is 0.623. The third-order valence-corrected chi connectivity index (χ3v) is 3.96. The van der Waals surface area contributed by atoms with Crippen molar-refractivity contribution in [2.45, 2.75) is 43.9 Å². The molecule has 2 atom stereocenters. The predicted octanol–water partition coefficient (Wildman–Crippen LogP) is -0.589. The molecule has 2 aliphatic heterocycles. The Morgan fingerprint density at radius 2 is 2.11 bits per heavy atom. The minimum Gasteiger partial charge on any atom is -0.386 e. The largest absolute Gasteiger partial charge is 0.386 e. The van der Waals surface area contributed by atoms with Crippen LogP contribution in [-0.2, 0) is 14.3 Å². The molecule has 2 heterocycles. The summed E-state index contributed by atoms with van der Waals surface area (Å²) < 4.78 is 10.6. The van der Waals surface area contributed by atoms with Crippen LogP contribution in [0.5, 0.6) is 0 Å². The number of aliphatic hydroxyl groups is 1. The second-order valence-electron chi connectivity index (χ2n) is 5.42. The maximum atomic E-state index is 11.7. The van der Waals surface area contributed by atoms with Gasteiger partial charge in [0.2, 0.25) is 5.91 Å². The average Bonchev–Trinajstić information content (AvgIpc) is 2.71. The molecule has 2 rings (SSSR count). The zero-order valence-electron chi connectivity index (χ0n) is 11.5. The summed E-state index contributed by atoms with van der Waals surface area (Å²) >= 11 is 0. The molecule has 0 aromatic rings. The van der Waals surface area contributed by atoms with Crippen LogP contribution in [0.15, 0.2) is 0 Å². The molecule has 6 heteroatoms. The van der Waals surface area contributed by atoms with Gasteiger partial charge in [-0.2, -0.15) is 0 Å². The molecular weight excluding hydrogens is 248 g/mol. The fourth-order valence-electron chi connectivity index (χ4n) is 2.52. The highest BCUT2D eigenvalue weighted by atomic mass is 16.5. The van der Waals surface area contributed by atoms with Crippen LogP contribution in [0.2, 0.25) is 0 Å². The summed E-state index contributed by atoms with van der Waals surface area (Å²) in [7, 11) is 0. The molecule has 0 saturated carbocycles. The molecule has 0 aromatic carbocycles. The van der Waals surface area contributed by atoms with Crippen LogP contribution < -0.4 is 10.6 Å². The molecule has 0 aromatic heterocycles. The molecule has 6 nitrogen and oxygen atoms in total. The lowest BCUT2D eigenvalue weighted by Gasteiger charge is -2.27. The second kappa shape index (κ2) is 6.65. The molecule has 0 aliphatic carbocycles. The monoisotopic (exact) mass is 272 g/mol. The zero-order valence-corrected chi connectivity index (χ0v) is 11.5. The summed E-state index contributed by atoms with van der Waals surface area (Å²) in [5, 5.41) is 16.2. The highest BCUT2D eigenvalue weighted by molar-refractivity contribution is 5.78. The number of nitrogens with one attached hydrogen (secondary N) is 2. The van der Waals surface area contributed by atoms with E-state index >= 15 is 0 Å². The van der Waals surface area contributed by atoms with Gasteiger partial charge >= 0.3 is 0 Å². The molecule has 3 N–H and O–H groups in total. The van der Waals surface area contributed by atoms with E-state index in [1.54, 1.807) is 0 Å². The Kier molecular flexibility index (Phi) is 5.15. The van der Waals surface area contributed by atoms with Crippen molar-refractivity contribution in [1.82, 2.24) is 10.6 Å². The molecule has 0 bridgehead atoms. The Morgan fingerprint density at radius 1 is 1.37 bits per heavy atom. The van der Waals surface area contributed by atoms with Gasteiger partial charge in [-0.25, -0.2) is 0 Å². The summed E-state index contributed by atoms with van der Waals surface area (Å²) in [6.45, 7) is 4.48. The molecule has 2 aliphatic rings. The molecule has 110 valence electrons. The number of carbonyl (C=O) groups is 1. The van der Waals surface area contributed by atoms with Crippen LogP contribution in [0.1, 0.15) is 26.2 Å². The van der Waals surface area contributed by atoms with E-state index < -0.39 is 5.60 Å². The summed E-state index contributed by atoms with van der Waals surface area (Å²) in [6.07, 6.45) is 2.18. The van der Waals surface area contributed by atoms with E-state index in [1.807, 2.05) is 6.92 Å². The number of rotatable bonds is 5. The molecule has 2 unspecified atom stereocenters. The third-order valence-electron chi connectivity index (χ3n) is 3.96. The van der Waals surface area contributed by atoms with Crippen LogP contribution in [0.4, 0.5) is 0 Å². The molecule has 0 spiro atoms. The number of carbonyl (C=O) groups excluding carboxylic acids is 1. The van der Waals surface area contributed by atoms with E-state index in [-0.39, 0.29) is 24.6 Å². The van der Waals surface area contributed by atoms with E-state index in [2.05, 4.69) is 10.6 Å². The van der Waals surface area contributed by atoms with Crippen molar-refractivity contribution < 1.29 is 19.4 Å². The van der Waals surface area contributed by atoms with Gasteiger partial charge in [-0.15, -0.1) is 0 Å². The van der Waals surface area contributed by atoms with Gasteiger partial charge in [0.1, 0.15) is 5.60 Å². The summed E-state index contributed by atoms with van der Waals surface area (Å²) in [6, 6.07) is 0.222. The highest BCUT2D eigenvalue weighted by Crippen LogP contribution is 2.24. The van der Waals surface area contributed by atoms with Crippen LogP contribution >= 0.6 is 0 Å². The number of amides is 1. The maximum absolute atomic E-state index is 11.7. The Hall–Kier alpha value is -0.690. The smallest absolute Gasteiger partial charge is 0.234 e. The van der Waals surface area contributed by atoms with Crippen LogP contribution in [-0.4, -0.2) is 61.7 Å². The normalized spacial score (nSPS) is 32.4. The lowest BCUT2D eigenvalue weighted by atomic mass is 9.97. The Balaban J connectivity index is 1.63. The molecule has 19 heavy (non-hydrogen) atoms. The first kappa shape index (κ1) is 14.7. The number of ether oxygens (including phenoxy) is 2. The average molecular weight is 272 g/mol. The van der Waals surface area contributed by atoms with E-state index in [9.17, 15) is 9.90 Å². The first-order valence-electron chi connectivity index (χ1n) is 7.02. The standard InChI is InChI=1S/C13H24N2O4/c1-10-13(17,4-7-19-10)9-14-8-12(16)15-11-2-5-18-6-3-11/h10-11,14,17H,2-9H2,1H3,(H,15,16). The third kappa shape index (κ3) is 4.14. The van der Waals surface area contributed by atoms with E-state index in [0.29, 0.717) is 32.8 Å². The predicted molar refractivity (Wildman–Crippen MR) is 69.8 cm³/mol. The molecule has 2 saturated heterocycles. The van der Waals surface area contributed by atoms with Crippen molar-refractivity contribution in [1.29, 1.82) is 0 Å². The van der Waals surface area contributed by atoms with Crippen LogP contribution in [0.25, 0.3) is 0 Å². The summed E-state index contributed by atoms with van der Waals surface area (Å²) in [4.78, 5) is 11.7. The van der Waals surface area contributed by atoms with Crippen LogP contribution in [0.3, 0.4) is 0 Å². The molecule has 0 radical (unpaired) electrons. The lowest BCUT2D eigenvalue weighted by molar-refractivity contribution is -0.121. The van der Waals surface area contributed by atoms with E-state index in [1.165, 1.54) is 0 Å². The van der Waals surface area contributed by atoms with Gasteiger partial charge in [-0.05, 0) is 19.8 Å². The van der Waals surface area contributed by atoms with Crippen molar-refractivity contribution >= 4 is 5.91 Å². The van der Waals surface area contributed by atoms with Gasteiger partial charge < -0.3 is 25.2 Å². The SMILES string of the molecule is CC1OCCC1(O)CNCC(=O)NC1CCOCC1. The van der Waals surface area contributed by atoms with Crippen molar-refractivity contribution in [2.75, 3.05) is 32.9 Å². The van der Waals surface area contributed by atoms with Gasteiger partial charge in [0.05, 0.1) is 12.6 Å². The minimum atomic E-state index is -0.848. The van der Waals surface area contributed by atoms with Crippen molar-refractivity contribution in [2.24, 2.45) is 0 Å². The number of hydrogen-bond donors (Lipinski definition) is 3. The van der Waals surface area contributed by atoms with Gasteiger partial charge in [-0.1, -0.05) is 0 Å². The topological polar surface area (TPSA) is 79.8 Å². The minimum absolute atomic E-state index is 0.0259. The Bertz CT molecular complexity index is 307. The van der Waals surface area contributed by atoms with Gasteiger partial charge in [0, 0.05) is 38.8 Å². The van der Waals surface area contributed by atoms with Crippen LogP contribution in [0, 0.1) is 0 Å². The molecule has 1 amide bonds. The van der Waals surface area contributed by atoms with Crippen molar-refractivity contribution in [3.8, 4) is 0 Å². The van der Waals surface area contributed by atoms with Gasteiger partial charge in [0.15, 0.2) is 0 Å². The van der Waals surface area contributed by atoms with Crippen molar-refractivity contribution in [3.63, 3.8) is 0 Å². The van der Waals surface area contributed by atoms with Crippen molar-refractivity contribution in [3.05, 3.63) is 0 Å². The lowest BCUT2D eigenvalue weighted by Crippen LogP contribution is -2.49. The fourth-order valence-corrected chi connectivity index (χ4v) is 2.52. The van der Waals surface area contributed by atoms with E-state index in [0.717, 1.165) is 12.8 Å². The summed E-state index contributed by atoms with van der Waals surface area (Å²) in [5.74, 6) is -0.0259. The first-order valence-corrected chi connectivity index (χ1v) is 7.02. The van der Waals surface area contributed by atoms with Gasteiger partial charge in [-0.3, -0.25) is 4.79 Å². The zero-order chi connectivity index (χ0) is 13.7. The fraction of sp³-hybridized carbons (Fsp3) is 0.923. The molecular formula is C13H24N2O4. The Labute approximate surface area is 113 Å². The van der Waals surface area contributed by atoms with Gasteiger partial charge in [0.25, 0.3) is 0 Å². The number of hydrogen-bond acceptors (Lipinski definition) is 5. The highest BCUT2D eigenvalue weighted by Gasteiger charge is 2.39. The second-order valence-corrected chi connectivity index (χ2v) is 5.42. The van der Waals surface area contributed by atoms with E-state index in [4.69, 9.17) is 9.47 Å². The Morgan fingerprint density at radius 3 is 2.74 bits per heavy atom.